The minimum Gasteiger partial charge on any atom is -0.236 e. The van der Waals surface area contributed by atoms with Crippen molar-refractivity contribution in [2.75, 3.05) is 0 Å². The van der Waals surface area contributed by atoms with E-state index in [-0.39, 0.29) is 0 Å². The summed E-state index contributed by atoms with van der Waals surface area (Å²) in [5, 5.41) is 1.13. The molecule has 0 unspecified atom stereocenters. The van der Waals surface area contributed by atoms with Crippen molar-refractivity contribution in [1.82, 2.24) is 4.98 Å². The zero-order chi connectivity index (χ0) is 12.7. The average molecular weight is 282 g/mol. The number of hydrogen-bond acceptors (Lipinski definition) is 2. The number of thiazole rings is 1. The molecule has 0 N–H and O–H groups in total. The SMILES string of the molecule is Fc1ccc(-c2nc3ccc(Cl)cc3s2)c(F)c1. The van der Waals surface area contributed by atoms with Gasteiger partial charge in [-0.3, -0.25) is 0 Å². The van der Waals surface area contributed by atoms with E-state index in [1.807, 2.05) is 0 Å². The molecular weight excluding hydrogens is 276 g/mol. The number of fused-ring (bicyclic) bond motifs is 1. The molecule has 0 spiro atoms. The quantitative estimate of drug-likeness (QED) is 0.618. The maximum atomic E-state index is 13.6. The van der Waals surface area contributed by atoms with E-state index in [9.17, 15) is 8.78 Å². The van der Waals surface area contributed by atoms with E-state index in [0.29, 0.717) is 15.6 Å². The Morgan fingerprint density at radius 1 is 1.06 bits per heavy atom. The third-order valence-electron chi connectivity index (χ3n) is 2.51. The lowest BCUT2D eigenvalue weighted by atomic mass is 10.2. The number of nitrogens with zero attached hydrogens (tertiary/aromatic N) is 1. The maximum Gasteiger partial charge on any atom is 0.136 e. The molecule has 90 valence electrons. The molecule has 3 aromatic rings. The van der Waals surface area contributed by atoms with Crippen LogP contribution in [-0.2, 0) is 0 Å². The second-order valence-electron chi connectivity index (χ2n) is 3.76. The van der Waals surface area contributed by atoms with Crippen molar-refractivity contribution in [3.8, 4) is 10.6 Å². The van der Waals surface area contributed by atoms with Crippen molar-refractivity contribution >= 4 is 33.2 Å². The van der Waals surface area contributed by atoms with E-state index >= 15 is 0 Å². The molecule has 0 saturated carbocycles. The van der Waals surface area contributed by atoms with Crippen LogP contribution < -0.4 is 0 Å². The second-order valence-corrected chi connectivity index (χ2v) is 5.22. The molecule has 0 radical (unpaired) electrons. The van der Waals surface area contributed by atoms with Crippen LogP contribution in [0, 0.1) is 11.6 Å². The summed E-state index contributed by atoms with van der Waals surface area (Å²) in [6.45, 7) is 0. The summed E-state index contributed by atoms with van der Waals surface area (Å²) >= 11 is 7.21. The highest BCUT2D eigenvalue weighted by Gasteiger charge is 2.11. The van der Waals surface area contributed by atoms with Crippen LogP contribution in [0.1, 0.15) is 0 Å². The lowest BCUT2D eigenvalue weighted by Gasteiger charge is -1.97. The summed E-state index contributed by atoms with van der Waals surface area (Å²) in [4.78, 5) is 4.31. The fourth-order valence-electron chi connectivity index (χ4n) is 1.68. The smallest absolute Gasteiger partial charge is 0.136 e. The summed E-state index contributed by atoms with van der Waals surface area (Å²) < 4.78 is 27.4. The van der Waals surface area contributed by atoms with Gasteiger partial charge in [-0.15, -0.1) is 11.3 Å². The van der Waals surface area contributed by atoms with Crippen LogP contribution in [0.2, 0.25) is 5.02 Å². The maximum absolute atomic E-state index is 13.6. The molecular formula is C13H6ClF2NS. The highest BCUT2D eigenvalue weighted by Crippen LogP contribution is 2.33. The van der Waals surface area contributed by atoms with Gasteiger partial charge in [-0.25, -0.2) is 13.8 Å². The van der Waals surface area contributed by atoms with Crippen LogP contribution in [0.15, 0.2) is 36.4 Å². The molecule has 1 nitrogen and oxygen atoms in total. The molecule has 0 aliphatic heterocycles. The van der Waals surface area contributed by atoms with Gasteiger partial charge in [-0.1, -0.05) is 11.6 Å². The molecule has 3 rings (SSSR count). The fourth-order valence-corrected chi connectivity index (χ4v) is 2.95. The molecule has 1 aromatic heterocycles. The van der Waals surface area contributed by atoms with Gasteiger partial charge in [0.1, 0.15) is 16.6 Å². The molecule has 0 atom stereocenters. The first-order valence-corrected chi connectivity index (χ1v) is 6.34. The normalized spacial score (nSPS) is 11.1. The van der Waals surface area contributed by atoms with Crippen molar-refractivity contribution in [2.45, 2.75) is 0 Å². The Bertz CT molecular complexity index is 739. The van der Waals surface area contributed by atoms with Gasteiger partial charge in [-0.05, 0) is 30.3 Å². The average Bonchev–Trinajstić information content (AvgIpc) is 2.71. The number of aromatic nitrogens is 1. The Hall–Kier alpha value is -1.52. The molecule has 0 bridgehead atoms. The van der Waals surface area contributed by atoms with Gasteiger partial charge in [0.2, 0.25) is 0 Å². The van der Waals surface area contributed by atoms with Gasteiger partial charge >= 0.3 is 0 Å². The van der Waals surface area contributed by atoms with Gasteiger partial charge in [-0.2, -0.15) is 0 Å². The number of rotatable bonds is 1. The highest BCUT2D eigenvalue weighted by molar-refractivity contribution is 7.21. The van der Waals surface area contributed by atoms with Crippen LogP contribution in [0.5, 0.6) is 0 Å². The first-order chi connectivity index (χ1) is 8.63. The molecule has 0 fully saturated rings. The van der Waals surface area contributed by atoms with E-state index in [1.165, 1.54) is 23.5 Å². The first-order valence-electron chi connectivity index (χ1n) is 5.15. The van der Waals surface area contributed by atoms with Crippen LogP contribution in [-0.4, -0.2) is 4.98 Å². The van der Waals surface area contributed by atoms with Crippen LogP contribution in [0.3, 0.4) is 0 Å². The summed E-state index contributed by atoms with van der Waals surface area (Å²) in [5.74, 6) is -1.21. The summed E-state index contributed by atoms with van der Waals surface area (Å²) in [6, 6.07) is 8.75. The van der Waals surface area contributed by atoms with Gasteiger partial charge in [0, 0.05) is 16.7 Å². The van der Waals surface area contributed by atoms with Gasteiger partial charge in [0.05, 0.1) is 10.2 Å². The monoisotopic (exact) mass is 281 g/mol. The Morgan fingerprint density at radius 2 is 1.89 bits per heavy atom. The van der Waals surface area contributed by atoms with Crippen LogP contribution in [0.4, 0.5) is 8.78 Å². The number of benzene rings is 2. The number of hydrogen-bond donors (Lipinski definition) is 0. The Morgan fingerprint density at radius 3 is 2.67 bits per heavy atom. The minimum atomic E-state index is -0.611. The third kappa shape index (κ3) is 1.98. The lowest BCUT2D eigenvalue weighted by Crippen LogP contribution is -1.84. The predicted molar refractivity (Wildman–Crippen MR) is 70.0 cm³/mol. The van der Waals surface area contributed by atoms with Gasteiger partial charge in [0.25, 0.3) is 0 Å². The standard InChI is InChI=1S/C13H6ClF2NS/c14-7-1-4-11-12(5-7)18-13(17-11)9-3-2-8(15)6-10(9)16/h1-6H. The fraction of sp³-hybridized carbons (Fsp3) is 0. The molecule has 1 heterocycles. The largest absolute Gasteiger partial charge is 0.236 e. The minimum absolute atomic E-state index is 0.300. The van der Waals surface area contributed by atoms with Crippen molar-refractivity contribution < 1.29 is 8.78 Å². The zero-order valence-corrected chi connectivity index (χ0v) is 10.5. The Kier molecular flexibility index (Phi) is 2.76. The van der Waals surface area contributed by atoms with Crippen molar-refractivity contribution in [2.24, 2.45) is 0 Å². The molecule has 5 heteroatoms. The van der Waals surface area contributed by atoms with Crippen LogP contribution >= 0.6 is 22.9 Å². The van der Waals surface area contributed by atoms with Gasteiger partial charge in [0.15, 0.2) is 0 Å². The molecule has 0 aliphatic carbocycles. The van der Waals surface area contributed by atoms with E-state index in [0.717, 1.165) is 16.3 Å². The Labute approximate surface area is 111 Å². The first kappa shape index (κ1) is 11.6. The van der Waals surface area contributed by atoms with Crippen molar-refractivity contribution in [1.29, 1.82) is 0 Å². The highest BCUT2D eigenvalue weighted by atomic mass is 35.5. The van der Waals surface area contributed by atoms with E-state index in [1.54, 1.807) is 18.2 Å². The summed E-state index contributed by atoms with van der Waals surface area (Å²) in [7, 11) is 0. The molecule has 0 saturated heterocycles. The topological polar surface area (TPSA) is 12.9 Å². The summed E-state index contributed by atoms with van der Waals surface area (Å²) in [5.41, 5.74) is 1.05. The van der Waals surface area contributed by atoms with Crippen molar-refractivity contribution in [3.05, 3.63) is 53.1 Å². The second kappa shape index (κ2) is 4.30. The Balaban J connectivity index is 2.19. The number of halogens is 3. The molecule has 18 heavy (non-hydrogen) atoms. The molecule has 2 aromatic carbocycles. The molecule has 0 amide bonds. The predicted octanol–water partition coefficient (Wildman–Crippen LogP) is 4.89. The van der Waals surface area contributed by atoms with Crippen molar-refractivity contribution in [3.63, 3.8) is 0 Å². The van der Waals surface area contributed by atoms with Crippen LogP contribution in [0.25, 0.3) is 20.8 Å². The third-order valence-corrected chi connectivity index (χ3v) is 3.80. The lowest BCUT2D eigenvalue weighted by molar-refractivity contribution is 0.585. The van der Waals surface area contributed by atoms with Gasteiger partial charge < -0.3 is 0 Å². The molecule has 0 aliphatic rings. The van der Waals surface area contributed by atoms with E-state index in [2.05, 4.69) is 4.98 Å². The zero-order valence-electron chi connectivity index (χ0n) is 8.95. The van der Waals surface area contributed by atoms with E-state index in [4.69, 9.17) is 11.6 Å². The summed E-state index contributed by atoms with van der Waals surface area (Å²) in [6.07, 6.45) is 0. The van der Waals surface area contributed by atoms with E-state index < -0.39 is 11.6 Å².